The van der Waals surface area contributed by atoms with Crippen molar-refractivity contribution >= 4 is 22.4 Å². The molecule has 0 bridgehead atoms. The largest absolute Gasteiger partial charge is 0.359 e. The zero-order valence-corrected chi connectivity index (χ0v) is 16.8. The molecule has 0 amide bonds. The molecule has 4 rings (SSSR count). The number of aromatic amines is 1. The molecule has 1 unspecified atom stereocenters. The predicted molar refractivity (Wildman–Crippen MR) is 111 cm³/mol. The molecule has 0 aromatic carbocycles. The summed E-state index contributed by atoms with van der Waals surface area (Å²) in [6, 6.07) is 4.59. The third-order valence-electron chi connectivity index (χ3n) is 5.91. The lowest BCUT2D eigenvalue weighted by Gasteiger charge is -2.33. The second kappa shape index (κ2) is 7.23. The van der Waals surface area contributed by atoms with Crippen LogP contribution in [0, 0.1) is 5.41 Å². The van der Waals surface area contributed by atoms with E-state index in [0.717, 1.165) is 30.0 Å². The van der Waals surface area contributed by atoms with Crippen LogP contribution in [0.3, 0.4) is 0 Å². The lowest BCUT2D eigenvalue weighted by Crippen LogP contribution is -2.38. The lowest BCUT2D eigenvalue weighted by molar-refractivity contribution is 0.0935. The summed E-state index contributed by atoms with van der Waals surface area (Å²) in [6.45, 7) is 8.55. The summed E-state index contributed by atoms with van der Waals surface area (Å²) in [4.78, 5) is 23.4. The van der Waals surface area contributed by atoms with Crippen LogP contribution < -0.4 is 0 Å². The van der Waals surface area contributed by atoms with Crippen molar-refractivity contribution in [2.24, 2.45) is 5.41 Å². The molecule has 0 radical (unpaired) electrons. The minimum absolute atomic E-state index is 0.0246. The van der Waals surface area contributed by atoms with Crippen molar-refractivity contribution in [2.75, 3.05) is 13.1 Å². The van der Waals surface area contributed by atoms with E-state index in [0.29, 0.717) is 12.1 Å². The Bertz CT molecular complexity index is 871. The second-order valence-electron chi connectivity index (χ2n) is 9.37. The zero-order valence-electron chi connectivity index (χ0n) is 16.8. The number of carbonyl (C=O) groups is 1. The molecule has 27 heavy (non-hydrogen) atoms. The highest BCUT2D eigenvalue weighted by Crippen LogP contribution is 2.33. The molecule has 1 saturated heterocycles. The fraction of sp³-hybridized carbons (Fsp3) is 0.565. The summed E-state index contributed by atoms with van der Waals surface area (Å²) < 4.78 is 0. The van der Waals surface area contributed by atoms with E-state index in [4.69, 9.17) is 4.98 Å². The van der Waals surface area contributed by atoms with E-state index in [-0.39, 0.29) is 11.2 Å². The number of allylic oxidation sites excluding steroid dienone is 1. The van der Waals surface area contributed by atoms with Crippen LogP contribution in [0.1, 0.15) is 75.3 Å². The van der Waals surface area contributed by atoms with Crippen LogP contribution >= 0.6 is 0 Å². The molecule has 1 fully saturated rings. The van der Waals surface area contributed by atoms with Crippen molar-refractivity contribution in [2.45, 2.75) is 65.3 Å². The van der Waals surface area contributed by atoms with Gasteiger partial charge in [0.15, 0.2) is 5.78 Å². The summed E-state index contributed by atoms with van der Waals surface area (Å²) in [5.74, 6) is 0.128. The summed E-state index contributed by atoms with van der Waals surface area (Å²) in [7, 11) is 0. The van der Waals surface area contributed by atoms with Gasteiger partial charge in [-0.3, -0.25) is 9.69 Å². The average molecular weight is 366 g/mol. The van der Waals surface area contributed by atoms with Crippen molar-refractivity contribution in [3.05, 3.63) is 35.7 Å². The van der Waals surface area contributed by atoms with Crippen molar-refractivity contribution in [3.8, 4) is 0 Å². The number of hydrogen-bond donors (Lipinski definition) is 1. The van der Waals surface area contributed by atoms with Crippen LogP contribution in [0.15, 0.2) is 24.4 Å². The van der Waals surface area contributed by atoms with Gasteiger partial charge in [0.25, 0.3) is 0 Å². The Hall–Kier alpha value is -1.94. The van der Waals surface area contributed by atoms with Crippen molar-refractivity contribution in [1.82, 2.24) is 14.9 Å². The number of fused-ring (bicyclic) bond motifs is 2. The van der Waals surface area contributed by atoms with Crippen LogP contribution in [0.4, 0.5) is 0 Å². The van der Waals surface area contributed by atoms with Crippen LogP contribution in [0.5, 0.6) is 0 Å². The quantitative estimate of drug-likeness (QED) is 0.759. The summed E-state index contributed by atoms with van der Waals surface area (Å²) in [6.07, 6.45) is 11.3. The first kappa shape index (κ1) is 18.4. The molecule has 4 heterocycles. The molecule has 0 spiro atoms. The topological polar surface area (TPSA) is 49.0 Å². The Balaban J connectivity index is 1.63. The van der Waals surface area contributed by atoms with Gasteiger partial charge in [0.2, 0.25) is 0 Å². The number of H-pyrrole nitrogens is 1. The smallest absolute Gasteiger partial charge is 0.181 e. The van der Waals surface area contributed by atoms with Crippen molar-refractivity contribution < 1.29 is 4.79 Å². The first-order valence-corrected chi connectivity index (χ1v) is 10.4. The van der Waals surface area contributed by atoms with Gasteiger partial charge in [0, 0.05) is 30.8 Å². The van der Waals surface area contributed by atoms with Gasteiger partial charge in [0.1, 0.15) is 5.69 Å². The third kappa shape index (κ3) is 4.01. The standard InChI is InChI=1S/C23H31N3O/c1-23(2,3)14-21(27)19-9-10-20-22(25-19)18(15-24-20)16-7-8-17-6-4-5-12-26(17)13-11-16/h9-11,15,17,24H,4-8,12-14H2,1-3H3. The zero-order chi connectivity index (χ0) is 19.0. The van der Waals surface area contributed by atoms with E-state index in [1.807, 2.05) is 12.1 Å². The lowest BCUT2D eigenvalue weighted by atomic mass is 9.89. The van der Waals surface area contributed by atoms with Gasteiger partial charge in [-0.2, -0.15) is 0 Å². The molecule has 2 aliphatic heterocycles. The molecule has 1 N–H and O–H groups in total. The Morgan fingerprint density at radius 1 is 1.26 bits per heavy atom. The molecule has 4 heteroatoms. The summed E-state index contributed by atoms with van der Waals surface area (Å²) in [5.41, 5.74) is 5.08. The Kier molecular flexibility index (Phi) is 4.94. The third-order valence-corrected chi connectivity index (χ3v) is 5.91. The van der Waals surface area contributed by atoms with Crippen molar-refractivity contribution in [1.29, 1.82) is 0 Å². The van der Waals surface area contributed by atoms with E-state index in [2.05, 4.69) is 42.9 Å². The number of nitrogens with one attached hydrogen (secondary N) is 1. The van der Waals surface area contributed by atoms with E-state index in [9.17, 15) is 4.79 Å². The number of pyridine rings is 1. The van der Waals surface area contributed by atoms with Crippen molar-refractivity contribution in [3.63, 3.8) is 0 Å². The van der Waals surface area contributed by atoms with Gasteiger partial charge in [-0.05, 0) is 55.3 Å². The minimum Gasteiger partial charge on any atom is -0.359 e. The Labute approximate surface area is 162 Å². The molecule has 144 valence electrons. The van der Waals surface area contributed by atoms with E-state index < -0.39 is 0 Å². The molecule has 2 aliphatic rings. The van der Waals surface area contributed by atoms with Gasteiger partial charge in [-0.15, -0.1) is 0 Å². The van der Waals surface area contributed by atoms with Crippen LogP contribution in [-0.2, 0) is 0 Å². The monoisotopic (exact) mass is 365 g/mol. The number of Topliss-reactive ketones (excluding diaryl/α,β-unsaturated/α-hetero) is 1. The fourth-order valence-corrected chi connectivity index (χ4v) is 4.50. The molecular formula is C23H31N3O. The number of hydrogen-bond acceptors (Lipinski definition) is 3. The number of aromatic nitrogens is 2. The fourth-order valence-electron chi connectivity index (χ4n) is 4.50. The average Bonchev–Trinajstić information content (AvgIpc) is 2.92. The molecular weight excluding hydrogens is 334 g/mol. The number of carbonyl (C=O) groups excluding carboxylic acids is 1. The first-order chi connectivity index (χ1) is 12.9. The van der Waals surface area contributed by atoms with E-state index >= 15 is 0 Å². The number of ketones is 1. The summed E-state index contributed by atoms with van der Waals surface area (Å²) >= 11 is 0. The Morgan fingerprint density at radius 3 is 2.93 bits per heavy atom. The highest BCUT2D eigenvalue weighted by Gasteiger charge is 2.25. The maximum Gasteiger partial charge on any atom is 0.181 e. The predicted octanol–water partition coefficient (Wildman–Crippen LogP) is 5.21. The number of piperidine rings is 1. The molecule has 1 atom stereocenters. The van der Waals surface area contributed by atoms with Crippen LogP contribution in [0.25, 0.3) is 16.6 Å². The van der Waals surface area contributed by atoms with Gasteiger partial charge in [0.05, 0.1) is 11.0 Å². The molecule has 0 saturated carbocycles. The molecule has 2 aromatic heterocycles. The van der Waals surface area contributed by atoms with Gasteiger partial charge in [-0.25, -0.2) is 4.98 Å². The normalized spacial score (nSPS) is 21.6. The number of nitrogens with zero attached hydrogens (tertiary/aromatic N) is 2. The van der Waals surface area contributed by atoms with Gasteiger partial charge >= 0.3 is 0 Å². The van der Waals surface area contributed by atoms with Gasteiger partial charge < -0.3 is 4.98 Å². The minimum atomic E-state index is -0.0246. The maximum absolute atomic E-state index is 12.6. The first-order valence-electron chi connectivity index (χ1n) is 10.4. The summed E-state index contributed by atoms with van der Waals surface area (Å²) in [5, 5.41) is 0. The van der Waals surface area contributed by atoms with Crippen LogP contribution in [-0.4, -0.2) is 39.8 Å². The second-order valence-corrected chi connectivity index (χ2v) is 9.37. The molecule has 4 nitrogen and oxygen atoms in total. The molecule has 0 aliphatic carbocycles. The Morgan fingerprint density at radius 2 is 2.11 bits per heavy atom. The van der Waals surface area contributed by atoms with Crippen LogP contribution in [0.2, 0.25) is 0 Å². The van der Waals surface area contributed by atoms with E-state index in [1.54, 1.807) is 0 Å². The SMILES string of the molecule is CC(C)(C)CC(=O)c1ccc2[nH]cc(C3=CCN4CCCCC4CC3)c2n1. The molecule has 2 aromatic rings. The number of rotatable bonds is 3. The highest BCUT2D eigenvalue weighted by atomic mass is 16.1. The highest BCUT2D eigenvalue weighted by molar-refractivity contribution is 5.98. The van der Waals surface area contributed by atoms with Gasteiger partial charge in [-0.1, -0.05) is 33.3 Å². The van der Waals surface area contributed by atoms with E-state index in [1.165, 1.54) is 43.4 Å². The maximum atomic E-state index is 12.6.